The maximum atomic E-state index is 12.8. The molecule has 0 unspecified atom stereocenters. The largest absolute Gasteiger partial charge is 0.325 e. The lowest BCUT2D eigenvalue weighted by molar-refractivity contribution is -0.134. The van der Waals surface area contributed by atoms with Gasteiger partial charge in [-0.2, -0.15) is 0 Å². The third kappa shape index (κ3) is 4.23. The molecule has 0 radical (unpaired) electrons. The van der Waals surface area contributed by atoms with Gasteiger partial charge in [-0.15, -0.1) is 0 Å². The normalized spacial score (nSPS) is 16.1. The van der Waals surface area contributed by atoms with E-state index in [2.05, 4.69) is 24.5 Å². The third-order valence-electron chi connectivity index (χ3n) is 4.76. The first-order chi connectivity index (χ1) is 12.3. The molecule has 0 saturated carbocycles. The van der Waals surface area contributed by atoms with Crippen molar-refractivity contribution in [2.45, 2.75) is 64.8 Å². The van der Waals surface area contributed by atoms with E-state index in [0.29, 0.717) is 24.4 Å². The zero-order valence-corrected chi connectivity index (χ0v) is 16.1. The summed E-state index contributed by atoms with van der Waals surface area (Å²) in [6.07, 6.45) is 2.74. The van der Waals surface area contributed by atoms with Gasteiger partial charge >= 0.3 is 6.03 Å². The van der Waals surface area contributed by atoms with E-state index in [1.54, 1.807) is 0 Å². The highest BCUT2D eigenvalue weighted by Crippen LogP contribution is 2.28. The molecule has 1 saturated heterocycles. The van der Waals surface area contributed by atoms with E-state index >= 15 is 0 Å². The summed E-state index contributed by atoms with van der Waals surface area (Å²) in [5.41, 5.74) is 0.973. The first-order valence-electron chi connectivity index (χ1n) is 9.37. The highest BCUT2D eigenvalue weighted by atomic mass is 16.2. The van der Waals surface area contributed by atoms with E-state index in [1.165, 1.54) is 5.56 Å². The van der Waals surface area contributed by atoms with Crippen LogP contribution in [0.3, 0.4) is 0 Å². The van der Waals surface area contributed by atoms with Gasteiger partial charge in [-0.05, 0) is 36.5 Å². The van der Waals surface area contributed by atoms with E-state index in [4.69, 9.17) is 0 Å². The van der Waals surface area contributed by atoms with Crippen LogP contribution in [0.1, 0.15) is 64.9 Å². The van der Waals surface area contributed by atoms with Crippen LogP contribution in [0.2, 0.25) is 0 Å². The minimum atomic E-state index is -0.861. The average molecular weight is 359 g/mol. The van der Waals surface area contributed by atoms with Crippen molar-refractivity contribution in [2.75, 3.05) is 11.9 Å². The van der Waals surface area contributed by atoms with Crippen molar-refractivity contribution in [3.63, 3.8) is 0 Å². The minimum absolute atomic E-state index is 0.272. The highest BCUT2D eigenvalue weighted by molar-refractivity contribution is 6.10. The molecule has 1 aromatic carbocycles. The number of nitrogens with one attached hydrogen (secondary N) is 2. The van der Waals surface area contributed by atoms with Crippen molar-refractivity contribution >= 4 is 23.5 Å². The predicted octanol–water partition coefficient (Wildman–Crippen LogP) is 3.64. The Morgan fingerprint density at radius 2 is 1.69 bits per heavy atom. The van der Waals surface area contributed by atoms with Gasteiger partial charge < -0.3 is 10.6 Å². The van der Waals surface area contributed by atoms with Gasteiger partial charge in [-0.3, -0.25) is 14.5 Å². The third-order valence-corrected chi connectivity index (χ3v) is 4.76. The van der Waals surface area contributed by atoms with Crippen LogP contribution in [0.5, 0.6) is 0 Å². The number of benzene rings is 1. The second kappa shape index (κ2) is 8.34. The Morgan fingerprint density at radius 3 is 2.19 bits per heavy atom. The van der Waals surface area contributed by atoms with Gasteiger partial charge in [-0.25, -0.2) is 4.79 Å². The number of hydrogen-bond donors (Lipinski definition) is 2. The Bertz CT molecular complexity index is 661. The molecule has 4 amide bonds. The molecule has 0 atom stereocenters. The summed E-state index contributed by atoms with van der Waals surface area (Å²) < 4.78 is 0. The van der Waals surface area contributed by atoms with Gasteiger partial charge in [0.2, 0.25) is 5.91 Å². The van der Waals surface area contributed by atoms with Crippen LogP contribution in [0.25, 0.3) is 0 Å². The standard InChI is InChI=1S/C20H29N3O3/c1-5-11-20(12-6-2)18(25)23(19(26)22-20)13-17(24)21-16-9-7-15(8-10-16)14(3)4/h7-10,14H,5-6,11-13H2,1-4H3,(H,21,24)(H,22,26). The average Bonchev–Trinajstić information content (AvgIpc) is 2.80. The van der Waals surface area contributed by atoms with Crippen molar-refractivity contribution in [3.8, 4) is 0 Å². The summed E-state index contributed by atoms with van der Waals surface area (Å²) in [7, 11) is 0. The Morgan fingerprint density at radius 1 is 1.12 bits per heavy atom. The summed E-state index contributed by atoms with van der Waals surface area (Å²) in [6, 6.07) is 7.10. The Hall–Kier alpha value is -2.37. The van der Waals surface area contributed by atoms with Crippen molar-refractivity contribution in [2.24, 2.45) is 0 Å². The highest BCUT2D eigenvalue weighted by Gasteiger charge is 2.50. The fourth-order valence-electron chi connectivity index (χ4n) is 3.43. The molecular formula is C20H29N3O3. The molecule has 1 heterocycles. The second-order valence-corrected chi connectivity index (χ2v) is 7.23. The molecule has 1 aliphatic heterocycles. The number of rotatable bonds is 8. The van der Waals surface area contributed by atoms with Crippen LogP contribution in [-0.4, -0.2) is 34.8 Å². The number of carbonyl (C=O) groups excluding carboxylic acids is 3. The molecule has 2 rings (SSSR count). The van der Waals surface area contributed by atoms with E-state index in [-0.39, 0.29) is 18.4 Å². The number of amides is 4. The van der Waals surface area contributed by atoms with E-state index in [1.807, 2.05) is 38.1 Å². The molecule has 0 aliphatic carbocycles. The lowest BCUT2D eigenvalue weighted by atomic mass is 9.88. The summed E-state index contributed by atoms with van der Waals surface area (Å²) in [5.74, 6) is -0.262. The Labute approximate surface area is 155 Å². The first kappa shape index (κ1) is 19.9. The number of anilines is 1. The Kier molecular flexibility index (Phi) is 6.40. The molecule has 1 aromatic rings. The quantitative estimate of drug-likeness (QED) is 0.696. The van der Waals surface area contributed by atoms with Gasteiger partial charge in [-0.1, -0.05) is 52.7 Å². The molecule has 6 nitrogen and oxygen atoms in total. The van der Waals surface area contributed by atoms with Crippen LogP contribution < -0.4 is 10.6 Å². The van der Waals surface area contributed by atoms with Gasteiger partial charge in [0.05, 0.1) is 0 Å². The molecular weight excluding hydrogens is 330 g/mol. The SMILES string of the molecule is CCCC1(CCC)NC(=O)N(CC(=O)Nc2ccc(C(C)C)cc2)C1=O. The number of carbonyl (C=O) groups is 3. The van der Waals surface area contributed by atoms with Crippen LogP contribution in [0, 0.1) is 0 Å². The van der Waals surface area contributed by atoms with Crippen LogP contribution in [0.15, 0.2) is 24.3 Å². The van der Waals surface area contributed by atoms with Crippen molar-refractivity contribution in [1.82, 2.24) is 10.2 Å². The van der Waals surface area contributed by atoms with Crippen LogP contribution in [0.4, 0.5) is 10.5 Å². The van der Waals surface area contributed by atoms with Gasteiger partial charge in [0.15, 0.2) is 0 Å². The molecule has 0 bridgehead atoms. The van der Waals surface area contributed by atoms with E-state index < -0.39 is 11.6 Å². The molecule has 142 valence electrons. The Balaban J connectivity index is 2.04. The fourth-order valence-corrected chi connectivity index (χ4v) is 3.43. The number of imide groups is 1. The molecule has 1 fully saturated rings. The van der Waals surface area contributed by atoms with Crippen LogP contribution in [-0.2, 0) is 9.59 Å². The van der Waals surface area contributed by atoms with Crippen molar-refractivity contribution in [1.29, 1.82) is 0 Å². The molecule has 6 heteroatoms. The van der Waals surface area contributed by atoms with E-state index in [0.717, 1.165) is 17.7 Å². The van der Waals surface area contributed by atoms with E-state index in [9.17, 15) is 14.4 Å². The molecule has 1 aliphatic rings. The molecule has 0 aromatic heterocycles. The maximum absolute atomic E-state index is 12.8. The van der Waals surface area contributed by atoms with Crippen molar-refractivity contribution in [3.05, 3.63) is 29.8 Å². The lowest BCUT2D eigenvalue weighted by Gasteiger charge is -2.25. The molecule has 2 N–H and O–H groups in total. The number of nitrogens with zero attached hydrogens (tertiary/aromatic N) is 1. The van der Waals surface area contributed by atoms with Crippen LogP contribution >= 0.6 is 0 Å². The summed E-state index contributed by atoms with van der Waals surface area (Å²) in [4.78, 5) is 38.4. The first-order valence-corrected chi connectivity index (χ1v) is 9.37. The smallest absolute Gasteiger partial charge is 0.325 e. The summed E-state index contributed by atoms with van der Waals surface area (Å²) in [6.45, 7) is 7.89. The number of urea groups is 1. The lowest BCUT2D eigenvalue weighted by Crippen LogP contribution is -2.47. The fraction of sp³-hybridized carbons (Fsp3) is 0.550. The zero-order chi connectivity index (χ0) is 19.3. The zero-order valence-electron chi connectivity index (χ0n) is 16.1. The number of hydrogen-bond acceptors (Lipinski definition) is 3. The van der Waals surface area contributed by atoms with Gasteiger partial charge in [0, 0.05) is 5.69 Å². The minimum Gasteiger partial charge on any atom is -0.325 e. The molecule has 26 heavy (non-hydrogen) atoms. The summed E-state index contributed by atoms with van der Waals surface area (Å²) >= 11 is 0. The second-order valence-electron chi connectivity index (χ2n) is 7.23. The monoisotopic (exact) mass is 359 g/mol. The molecule has 0 spiro atoms. The maximum Gasteiger partial charge on any atom is 0.325 e. The van der Waals surface area contributed by atoms with Gasteiger partial charge in [0.1, 0.15) is 12.1 Å². The predicted molar refractivity (Wildman–Crippen MR) is 102 cm³/mol. The summed E-state index contributed by atoms with van der Waals surface area (Å²) in [5, 5.41) is 5.57. The van der Waals surface area contributed by atoms with Crippen molar-refractivity contribution < 1.29 is 14.4 Å². The van der Waals surface area contributed by atoms with Gasteiger partial charge in [0.25, 0.3) is 5.91 Å². The topological polar surface area (TPSA) is 78.5 Å².